The lowest BCUT2D eigenvalue weighted by molar-refractivity contribution is 0.197. The molecule has 0 aliphatic rings. The van der Waals surface area contributed by atoms with E-state index >= 15 is 0 Å². The van der Waals surface area contributed by atoms with Crippen LogP contribution in [0, 0.1) is 12.3 Å². The van der Waals surface area contributed by atoms with E-state index < -0.39 is 0 Å². The second kappa shape index (κ2) is 6.08. The maximum atomic E-state index is 5.19. The first-order chi connectivity index (χ1) is 5.59. The van der Waals surface area contributed by atoms with Gasteiger partial charge in [0.1, 0.15) is 0 Å². The average Bonchev–Trinajstić information content (AvgIpc) is 2.03. The maximum Gasteiger partial charge on any atom is 0.00866 e. The molecule has 0 heterocycles. The van der Waals surface area contributed by atoms with Crippen molar-refractivity contribution in [3.63, 3.8) is 0 Å². The Morgan fingerprint density at radius 2 is 1.92 bits per heavy atom. The van der Waals surface area contributed by atoms with E-state index in [1.54, 1.807) is 0 Å². The molecule has 0 amide bonds. The minimum atomic E-state index is 0.630. The van der Waals surface area contributed by atoms with Gasteiger partial charge in [-0.05, 0) is 40.7 Å². The highest BCUT2D eigenvalue weighted by Crippen LogP contribution is 2.08. The summed E-state index contributed by atoms with van der Waals surface area (Å²) in [6, 6.07) is 1.28. The third-order valence-electron chi connectivity index (χ3n) is 2.45. The molecule has 1 heteroatoms. The van der Waals surface area contributed by atoms with Gasteiger partial charge < -0.3 is 4.90 Å². The summed E-state index contributed by atoms with van der Waals surface area (Å²) in [6.07, 6.45) is 8.45. The molecule has 0 aliphatic carbocycles. The molecule has 0 radical (unpaired) electrons. The molecular formula is C11H21N. The Hall–Kier alpha value is -0.480. The van der Waals surface area contributed by atoms with E-state index in [9.17, 15) is 0 Å². The van der Waals surface area contributed by atoms with E-state index in [-0.39, 0.29) is 0 Å². The van der Waals surface area contributed by atoms with Gasteiger partial charge in [0, 0.05) is 18.5 Å². The first-order valence-electron chi connectivity index (χ1n) is 4.75. The van der Waals surface area contributed by atoms with E-state index in [2.05, 4.69) is 38.6 Å². The van der Waals surface area contributed by atoms with Gasteiger partial charge in [-0.2, -0.15) is 0 Å². The molecule has 0 fully saturated rings. The van der Waals surface area contributed by atoms with Gasteiger partial charge in [-0.15, -0.1) is 12.3 Å². The molecule has 0 aliphatic heterocycles. The van der Waals surface area contributed by atoms with Crippen LogP contribution in [0.5, 0.6) is 0 Å². The number of hydrogen-bond donors (Lipinski definition) is 0. The van der Waals surface area contributed by atoms with Crippen LogP contribution >= 0.6 is 0 Å². The van der Waals surface area contributed by atoms with E-state index in [1.807, 2.05) is 0 Å². The summed E-state index contributed by atoms with van der Waals surface area (Å²) in [4.78, 5) is 2.39. The number of rotatable bonds is 5. The summed E-state index contributed by atoms with van der Waals surface area (Å²) in [5.41, 5.74) is 0. The molecule has 0 unspecified atom stereocenters. The zero-order valence-corrected chi connectivity index (χ0v) is 8.80. The highest BCUT2D eigenvalue weighted by molar-refractivity contribution is 4.83. The van der Waals surface area contributed by atoms with Gasteiger partial charge in [-0.25, -0.2) is 0 Å². The first-order valence-corrected chi connectivity index (χ1v) is 4.75. The topological polar surface area (TPSA) is 3.24 Å². The quantitative estimate of drug-likeness (QED) is 0.449. The average molecular weight is 167 g/mol. The van der Waals surface area contributed by atoms with E-state index in [4.69, 9.17) is 6.42 Å². The van der Waals surface area contributed by atoms with Gasteiger partial charge in [0.2, 0.25) is 0 Å². The van der Waals surface area contributed by atoms with Crippen molar-refractivity contribution in [1.82, 2.24) is 4.90 Å². The molecule has 1 nitrogen and oxygen atoms in total. The number of nitrogens with zero attached hydrogens (tertiary/aromatic N) is 1. The first kappa shape index (κ1) is 11.5. The Morgan fingerprint density at radius 1 is 1.33 bits per heavy atom. The molecule has 0 bridgehead atoms. The molecule has 1 atom stereocenters. The van der Waals surface area contributed by atoms with Crippen LogP contribution in [0.1, 0.15) is 40.0 Å². The summed E-state index contributed by atoms with van der Waals surface area (Å²) in [7, 11) is 2.17. The molecule has 0 saturated carbocycles. The van der Waals surface area contributed by atoms with Crippen LogP contribution in [-0.4, -0.2) is 24.0 Å². The smallest absolute Gasteiger partial charge is 0.00866 e. The maximum absolute atomic E-state index is 5.19. The summed E-state index contributed by atoms with van der Waals surface area (Å²) >= 11 is 0. The summed E-state index contributed by atoms with van der Waals surface area (Å²) < 4.78 is 0. The molecular weight excluding hydrogens is 146 g/mol. The van der Waals surface area contributed by atoms with E-state index in [1.165, 1.54) is 6.42 Å². The summed E-state index contributed by atoms with van der Waals surface area (Å²) in [6.45, 7) is 6.70. The lowest BCUT2D eigenvalue weighted by atomic mass is 10.1. The molecule has 0 N–H and O–H groups in total. The zero-order valence-electron chi connectivity index (χ0n) is 8.80. The molecule has 0 aromatic rings. The number of unbranched alkanes of at least 4 members (excludes halogenated alkanes) is 1. The van der Waals surface area contributed by atoms with Crippen LogP contribution in [0.15, 0.2) is 0 Å². The van der Waals surface area contributed by atoms with Gasteiger partial charge >= 0.3 is 0 Å². The van der Waals surface area contributed by atoms with Crippen LogP contribution in [-0.2, 0) is 0 Å². The Kier molecular flexibility index (Phi) is 5.84. The van der Waals surface area contributed by atoms with E-state index in [0.717, 1.165) is 12.8 Å². The van der Waals surface area contributed by atoms with Crippen molar-refractivity contribution in [1.29, 1.82) is 0 Å². The molecule has 12 heavy (non-hydrogen) atoms. The van der Waals surface area contributed by atoms with Crippen molar-refractivity contribution in [2.75, 3.05) is 7.05 Å². The normalized spacial score (nSPS) is 13.4. The van der Waals surface area contributed by atoms with Crippen LogP contribution < -0.4 is 0 Å². The third-order valence-corrected chi connectivity index (χ3v) is 2.45. The largest absolute Gasteiger partial charge is 0.301 e. The third kappa shape index (κ3) is 4.41. The van der Waals surface area contributed by atoms with Crippen LogP contribution in [0.4, 0.5) is 0 Å². The fraction of sp³-hybridized carbons (Fsp3) is 0.818. The SMILES string of the molecule is C#CCCC[C@H](C)N(C)C(C)C. The van der Waals surface area contributed by atoms with Crippen molar-refractivity contribution < 1.29 is 0 Å². The Labute approximate surface area is 77.1 Å². The van der Waals surface area contributed by atoms with Gasteiger partial charge in [0.15, 0.2) is 0 Å². The van der Waals surface area contributed by atoms with Crippen molar-refractivity contribution in [3.8, 4) is 12.3 Å². The molecule has 0 rings (SSSR count). The predicted octanol–water partition coefficient (Wildman–Crippen LogP) is 2.52. The second-order valence-corrected chi connectivity index (χ2v) is 3.70. The fourth-order valence-corrected chi connectivity index (χ4v) is 1.21. The van der Waals surface area contributed by atoms with E-state index in [0.29, 0.717) is 12.1 Å². The lowest BCUT2D eigenvalue weighted by Crippen LogP contribution is -2.34. The Bertz CT molecular complexity index is 144. The van der Waals surface area contributed by atoms with Crippen LogP contribution in [0.3, 0.4) is 0 Å². The van der Waals surface area contributed by atoms with Crippen molar-refractivity contribution in [2.24, 2.45) is 0 Å². The number of hydrogen-bond acceptors (Lipinski definition) is 1. The molecule has 0 aromatic heterocycles. The molecule has 0 aromatic carbocycles. The van der Waals surface area contributed by atoms with Gasteiger partial charge in [-0.3, -0.25) is 0 Å². The predicted molar refractivity (Wildman–Crippen MR) is 55.0 cm³/mol. The standard InChI is InChI=1S/C11H21N/c1-6-7-8-9-11(4)12(5)10(2)3/h1,10-11H,7-9H2,2-5H3/t11-/m0/s1. The fourth-order valence-electron chi connectivity index (χ4n) is 1.21. The Morgan fingerprint density at radius 3 is 2.33 bits per heavy atom. The molecule has 0 spiro atoms. The summed E-state index contributed by atoms with van der Waals surface area (Å²) in [5, 5.41) is 0. The highest BCUT2D eigenvalue weighted by Gasteiger charge is 2.10. The van der Waals surface area contributed by atoms with Gasteiger partial charge in [0.05, 0.1) is 0 Å². The highest BCUT2D eigenvalue weighted by atomic mass is 15.1. The zero-order chi connectivity index (χ0) is 9.56. The van der Waals surface area contributed by atoms with Crippen molar-refractivity contribution in [3.05, 3.63) is 0 Å². The Balaban J connectivity index is 3.58. The van der Waals surface area contributed by atoms with Crippen LogP contribution in [0.25, 0.3) is 0 Å². The molecule has 70 valence electrons. The van der Waals surface area contributed by atoms with Gasteiger partial charge in [-0.1, -0.05) is 0 Å². The second-order valence-electron chi connectivity index (χ2n) is 3.70. The monoisotopic (exact) mass is 167 g/mol. The molecule has 0 saturated heterocycles. The summed E-state index contributed by atoms with van der Waals surface area (Å²) in [5.74, 6) is 2.67. The van der Waals surface area contributed by atoms with Gasteiger partial charge in [0.25, 0.3) is 0 Å². The number of terminal acetylenes is 1. The van der Waals surface area contributed by atoms with Crippen molar-refractivity contribution in [2.45, 2.75) is 52.1 Å². The minimum Gasteiger partial charge on any atom is -0.301 e. The van der Waals surface area contributed by atoms with Crippen LogP contribution in [0.2, 0.25) is 0 Å². The van der Waals surface area contributed by atoms with Crippen molar-refractivity contribution >= 4 is 0 Å². The minimum absolute atomic E-state index is 0.630. The lowest BCUT2D eigenvalue weighted by Gasteiger charge is -2.28.